The van der Waals surface area contributed by atoms with Crippen LogP contribution in [0.15, 0.2) is 47.3 Å². The maximum absolute atomic E-state index is 12.6. The zero-order chi connectivity index (χ0) is 17.6. The highest BCUT2D eigenvalue weighted by molar-refractivity contribution is 7.15. The van der Waals surface area contributed by atoms with E-state index in [1.165, 1.54) is 15.9 Å². The number of rotatable bonds is 2. The van der Waals surface area contributed by atoms with E-state index in [4.69, 9.17) is 34.8 Å². The molecule has 8 heteroatoms. The lowest BCUT2D eigenvalue weighted by atomic mass is 10.2. The molecule has 0 spiro atoms. The Labute approximate surface area is 160 Å². The van der Waals surface area contributed by atoms with Crippen molar-refractivity contribution < 1.29 is 0 Å². The Morgan fingerprint density at radius 1 is 1.00 bits per heavy atom. The van der Waals surface area contributed by atoms with E-state index in [0.29, 0.717) is 41.5 Å². The molecule has 4 aromatic rings. The van der Waals surface area contributed by atoms with Gasteiger partial charge in [-0.05, 0) is 29.8 Å². The fourth-order valence-corrected chi connectivity index (χ4v) is 3.84. The predicted octanol–water partition coefficient (Wildman–Crippen LogP) is 4.33. The number of fused-ring (bicyclic) bond motifs is 1. The van der Waals surface area contributed by atoms with Gasteiger partial charge >= 0.3 is 0 Å². The van der Waals surface area contributed by atoms with Gasteiger partial charge in [-0.3, -0.25) is 4.79 Å². The first-order valence-corrected chi connectivity index (χ1v) is 9.10. The first-order chi connectivity index (χ1) is 12.0. The SMILES string of the molecule is O=c1/c(=C/c2cccc(Cl)c2Cl)sc2nc(-c3ccccc3Cl)nn12. The van der Waals surface area contributed by atoms with Gasteiger partial charge in [0.15, 0.2) is 5.82 Å². The summed E-state index contributed by atoms with van der Waals surface area (Å²) in [5.41, 5.74) is 1.09. The molecule has 2 aromatic carbocycles. The van der Waals surface area contributed by atoms with Gasteiger partial charge in [-0.2, -0.15) is 9.50 Å². The molecule has 0 atom stereocenters. The fourth-order valence-electron chi connectivity index (χ4n) is 2.36. The summed E-state index contributed by atoms with van der Waals surface area (Å²) in [7, 11) is 0. The van der Waals surface area contributed by atoms with Gasteiger partial charge in [-0.25, -0.2) is 0 Å². The quantitative estimate of drug-likeness (QED) is 0.496. The van der Waals surface area contributed by atoms with Crippen LogP contribution in [0.1, 0.15) is 5.56 Å². The van der Waals surface area contributed by atoms with Crippen molar-refractivity contribution in [1.82, 2.24) is 14.6 Å². The zero-order valence-corrected chi connectivity index (χ0v) is 15.5. The molecule has 4 rings (SSSR count). The summed E-state index contributed by atoms with van der Waals surface area (Å²) in [6.07, 6.45) is 1.69. The van der Waals surface area contributed by atoms with Gasteiger partial charge in [-0.15, -0.1) is 5.10 Å². The largest absolute Gasteiger partial charge is 0.291 e. The second kappa shape index (κ2) is 6.42. The Morgan fingerprint density at radius 2 is 1.76 bits per heavy atom. The highest BCUT2D eigenvalue weighted by Gasteiger charge is 2.14. The van der Waals surface area contributed by atoms with Crippen molar-refractivity contribution in [3.8, 4) is 11.4 Å². The second-order valence-corrected chi connectivity index (χ2v) is 7.37. The highest BCUT2D eigenvalue weighted by atomic mass is 35.5. The average molecular weight is 409 g/mol. The smallest absolute Gasteiger partial charge is 0.266 e. The van der Waals surface area contributed by atoms with E-state index in [2.05, 4.69) is 10.1 Å². The predicted molar refractivity (Wildman–Crippen MR) is 103 cm³/mol. The summed E-state index contributed by atoms with van der Waals surface area (Å²) in [4.78, 5) is 17.5. The third kappa shape index (κ3) is 2.93. The van der Waals surface area contributed by atoms with Gasteiger partial charge in [-0.1, -0.05) is 70.4 Å². The lowest BCUT2D eigenvalue weighted by Gasteiger charge is -1.98. The minimum absolute atomic E-state index is 0.262. The first-order valence-electron chi connectivity index (χ1n) is 7.15. The van der Waals surface area contributed by atoms with Crippen LogP contribution in [0.4, 0.5) is 0 Å². The van der Waals surface area contributed by atoms with E-state index in [1.54, 1.807) is 30.3 Å². The van der Waals surface area contributed by atoms with Crippen LogP contribution in [0.2, 0.25) is 15.1 Å². The third-order valence-corrected chi connectivity index (χ3v) is 5.69. The van der Waals surface area contributed by atoms with Crippen LogP contribution < -0.4 is 10.1 Å². The molecular weight excluding hydrogens is 401 g/mol. The van der Waals surface area contributed by atoms with Crippen LogP contribution >= 0.6 is 46.1 Å². The molecule has 0 bridgehead atoms. The summed E-state index contributed by atoms with van der Waals surface area (Å²) >= 11 is 19.6. The van der Waals surface area contributed by atoms with Crippen molar-refractivity contribution in [2.45, 2.75) is 0 Å². The third-order valence-electron chi connectivity index (χ3n) is 3.56. The van der Waals surface area contributed by atoms with Crippen LogP contribution in [0.5, 0.6) is 0 Å². The molecule has 0 aliphatic rings. The van der Waals surface area contributed by atoms with Gasteiger partial charge in [0.05, 0.1) is 19.6 Å². The Hall–Kier alpha value is -1.92. The Bertz CT molecular complexity index is 1220. The molecule has 0 N–H and O–H groups in total. The van der Waals surface area contributed by atoms with E-state index in [1.807, 2.05) is 18.2 Å². The monoisotopic (exact) mass is 407 g/mol. The van der Waals surface area contributed by atoms with Crippen molar-refractivity contribution in [3.63, 3.8) is 0 Å². The number of thiazole rings is 1. The minimum atomic E-state index is -0.262. The van der Waals surface area contributed by atoms with Gasteiger partial charge in [0.2, 0.25) is 4.96 Å². The molecule has 25 heavy (non-hydrogen) atoms. The minimum Gasteiger partial charge on any atom is -0.266 e. The molecule has 0 aliphatic carbocycles. The van der Waals surface area contributed by atoms with E-state index in [9.17, 15) is 4.79 Å². The summed E-state index contributed by atoms with van der Waals surface area (Å²) in [6.45, 7) is 0. The molecule has 0 radical (unpaired) electrons. The Balaban J connectivity index is 1.87. The number of halogens is 3. The summed E-state index contributed by atoms with van der Waals surface area (Å²) in [6, 6.07) is 12.5. The molecular formula is C17H8Cl3N3OS. The molecule has 4 nitrogen and oxygen atoms in total. The van der Waals surface area contributed by atoms with Gasteiger partial charge in [0.1, 0.15) is 0 Å². The van der Waals surface area contributed by atoms with Crippen LogP contribution in [0.3, 0.4) is 0 Å². The normalized spacial score (nSPS) is 12.2. The number of nitrogens with zero attached hydrogens (tertiary/aromatic N) is 3. The van der Waals surface area contributed by atoms with Crippen LogP contribution in [0, 0.1) is 0 Å². The van der Waals surface area contributed by atoms with Gasteiger partial charge in [0.25, 0.3) is 5.56 Å². The summed E-state index contributed by atoms with van der Waals surface area (Å²) < 4.78 is 1.75. The number of hydrogen-bond acceptors (Lipinski definition) is 4. The van der Waals surface area contributed by atoms with E-state index in [-0.39, 0.29) is 5.56 Å². The average Bonchev–Trinajstić information content (AvgIpc) is 3.12. The lowest BCUT2D eigenvalue weighted by Crippen LogP contribution is -2.23. The molecule has 0 fully saturated rings. The van der Waals surface area contributed by atoms with Crippen LogP contribution in [-0.4, -0.2) is 14.6 Å². The maximum atomic E-state index is 12.6. The molecule has 0 aliphatic heterocycles. The van der Waals surface area contributed by atoms with Crippen molar-refractivity contribution >= 4 is 57.2 Å². The summed E-state index contributed by atoms with van der Waals surface area (Å²) in [5.74, 6) is 0.418. The molecule has 0 unspecified atom stereocenters. The molecule has 124 valence electrons. The van der Waals surface area contributed by atoms with Crippen molar-refractivity contribution in [1.29, 1.82) is 0 Å². The molecule has 2 aromatic heterocycles. The lowest BCUT2D eigenvalue weighted by molar-refractivity contribution is 0.937. The van der Waals surface area contributed by atoms with Crippen molar-refractivity contribution in [2.24, 2.45) is 0 Å². The summed E-state index contributed by atoms with van der Waals surface area (Å²) in [5, 5.41) is 5.65. The molecule has 0 saturated carbocycles. The highest BCUT2D eigenvalue weighted by Crippen LogP contribution is 2.27. The van der Waals surface area contributed by atoms with Crippen LogP contribution in [0.25, 0.3) is 22.4 Å². The second-order valence-electron chi connectivity index (χ2n) is 5.17. The topological polar surface area (TPSA) is 47.3 Å². The standard InChI is InChI=1S/C17H8Cl3N3OS/c18-11-6-2-1-5-10(11)15-21-17-23(22-15)16(24)13(25-17)8-9-4-3-7-12(19)14(9)20/h1-8H/b13-8-. The number of aromatic nitrogens is 3. The van der Waals surface area contributed by atoms with Crippen molar-refractivity contribution in [3.05, 3.63) is 78.0 Å². The van der Waals surface area contributed by atoms with E-state index in [0.717, 1.165) is 0 Å². The zero-order valence-electron chi connectivity index (χ0n) is 12.4. The number of hydrogen-bond donors (Lipinski definition) is 0. The Kier molecular flexibility index (Phi) is 4.25. The van der Waals surface area contributed by atoms with Gasteiger partial charge in [0, 0.05) is 5.56 Å². The Morgan fingerprint density at radius 3 is 2.52 bits per heavy atom. The van der Waals surface area contributed by atoms with Gasteiger partial charge < -0.3 is 0 Å². The first kappa shape index (κ1) is 16.5. The van der Waals surface area contributed by atoms with E-state index < -0.39 is 0 Å². The van der Waals surface area contributed by atoms with Crippen molar-refractivity contribution in [2.75, 3.05) is 0 Å². The molecule has 2 heterocycles. The maximum Gasteiger partial charge on any atom is 0.291 e. The van der Waals surface area contributed by atoms with E-state index >= 15 is 0 Å². The number of benzene rings is 2. The fraction of sp³-hybridized carbons (Fsp3) is 0. The molecule has 0 amide bonds. The van der Waals surface area contributed by atoms with Crippen LogP contribution in [-0.2, 0) is 0 Å². The molecule has 0 saturated heterocycles.